The first-order chi connectivity index (χ1) is 11.1. The van der Waals surface area contributed by atoms with Crippen LogP contribution in [0, 0.1) is 6.92 Å². The van der Waals surface area contributed by atoms with E-state index in [4.69, 9.17) is 17.0 Å². The fourth-order valence-corrected chi connectivity index (χ4v) is 2.85. The van der Waals surface area contributed by atoms with Gasteiger partial charge < -0.3 is 15.4 Å². The average Bonchev–Trinajstić information content (AvgIpc) is 2.57. The summed E-state index contributed by atoms with van der Waals surface area (Å²) < 4.78 is 4.75. The number of esters is 1. The van der Waals surface area contributed by atoms with Gasteiger partial charge in [-0.15, -0.1) is 0 Å². The molecular weight excluding hydrogens is 308 g/mol. The van der Waals surface area contributed by atoms with E-state index in [0.717, 1.165) is 24.2 Å². The highest BCUT2D eigenvalue weighted by atomic mass is 32.1. The summed E-state index contributed by atoms with van der Waals surface area (Å²) in [5.41, 5.74) is 3.88. The van der Waals surface area contributed by atoms with Crippen molar-refractivity contribution < 1.29 is 9.53 Å². The maximum absolute atomic E-state index is 11.6. The molecule has 2 rings (SSSR count). The van der Waals surface area contributed by atoms with Crippen LogP contribution in [-0.4, -0.2) is 24.7 Å². The van der Waals surface area contributed by atoms with Gasteiger partial charge in [-0.3, -0.25) is 0 Å². The third-order valence-electron chi connectivity index (χ3n) is 4.02. The number of allylic oxidation sites excluding steroid dienone is 1. The van der Waals surface area contributed by atoms with Crippen LogP contribution >= 0.6 is 12.2 Å². The van der Waals surface area contributed by atoms with Crippen LogP contribution in [-0.2, 0) is 4.74 Å². The molecule has 0 amide bonds. The van der Waals surface area contributed by atoms with E-state index in [1.165, 1.54) is 38.4 Å². The summed E-state index contributed by atoms with van der Waals surface area (Å²) in [7, 11) is 1.38. The number of anilines is 1. The van der Waals surface area contributed by atoms with Crippen LogP contribution in [0.5, 0.6) is 0 Å². The van der Waals surface area contributed by atoms with Crippen molar-refractivity contribution in [2.75, 3.05) is 19.0 Å². The van der Waals surface area contributed by atoms with Crippen LogP contribution in [0.4, 0.5) is 5.69 Å². The average molecular weight is 332 g/mol. The Labute approximate surface area is 143 Å². The van der Waals surface area contributed by atoms with Crippen LogP contribution in [0.3, 0.4) is 0 Å². The van der Waals surface area contributed by atoms with Crippen LogP contribution in [0.1, 0.15) is 48.0 Å². The lowest BCUT2D eigenvalue weighted by Gasteiger charge is -2.15. The van der Waals surface area contributed by atoms with Crippen molar-refractivity contribution in [2.45, 2.75) is 39.0 Å². The number of aryl methyl sites for hydroxylation is 1. The second-order valence-electron chi connectivity index (χ2n) is 5.76. The third-order valence-corrected chi connectivity index (χ3v) is 4.27. The Balaban J connectivity index is 1.87. The summed E-state index contributed by atoms with van der Waals surface area (Å²) in [6, 6.07) is 5.39. The Morgan fingerprint density at radius 1 is 1.35 bits per heavy atom. The van der Waals surface area contributed by atoms with Crippen LogP contribution in [0.2, 0.25) is 0 Å². The SMILES string of the molecule is COC(=O)c1ccc(C)c(NC(=S)NCCC2=CCCCC2)c1. The molecule has 0 bridgehead atoms. The molecule has 0 saturated carbocycles. The number of carbonyl (C=O) groups is 1. The molecular formula is C18H24N2O2S. The van der Waals surface area contributed by atoms with Crippen molar-refractivity contribution in [3.63, 3.8) is 0 Å². The van der Waals surface area contributed by atoms with Crippen molar-refractivity contribution in [3.05, 3.63) is 41.0 Å². The molecule has 4 nitrogen and oxygen atoms in total. The van der Waals surface area contributed by atoms with Crippen LogP contribution in [0.15, 0.2) is 29.8 Å². The number of rotatable bonds is 5. The minimum Gasteiger partial charge on any atom is -0.465 e. The molecule has 0 fully saturated rings. The van der Waals surface area contributed by atoms with E-state index in [9.17, 15) is 4.79 Å². The monoisotopic (exact) mass is 332 g/mol. The maximum atomic E-state index is 11.6. The predicted molar refractivity (Wildman–Crippen MR) is 97.9 cm³/mol. The fourth-order valence-electron chi connectivity index (χ4n) is 2.64. The normalized spacial score (nSPS) is 13.9. The summed E-state index contributed by atoms with van der Waals surface area (Å²) in [5, 5.41) is 6.97. The van der Waals surface area contributed by atoms with Gasteiger partial charge in [-0.25, -0.2) is 4.79 Å². The number of nitrogens with one attached hydrogen (secondary N) is 2. The quantitative estimate of drug-likeness (QED) is 0.486. The Bertz CT molecular complexity index is 611. The van der Waals surface area contributed by atoms with Crippen molar-refractivity contribution in [2.24, 2.45) is 0 Å². The van der Waals surface area contributed by atoms with Crippen molar-refractivity contribution in [3.8, 4) is 0 Å². The van der Waals surface area contributed by atoms with Gasteiger partial charge in [-0.2, -0.15) is 0 Å². The van der Waals surface area contributed by atoms with Crippen LogP contribution in [0.25, 0.3) is 0 Å². The summed E-state index contributed by atoms with van der Waals surface area (Å²) in [6.07, 6.45) is 8.41. The zero-order chi connectivity index (χ0) is 16.7. The second-order valence-corrected chi connectivity index (χ2v) is 6.17. The first-order valence-electron chi connectivity index (χ1n) is 8.02. The molecule has 23 heavy (non-hydrogen) atoms. The molecule has 1 aromatic carbocycles. The number of ether oxygens (including phenoxy) is 1. The molecule has 0 aromatic heterocycles. The van der Waals surface area contributed by atoms with Crippen molar-refractivity contribution >= 4 is 29.0 Å². The van der Waals surface area contributed by atoms with Gasteiger partial charge in [-0.05, 0) is 68.9 Å². The Morgan fingerprint density at radius 3 is 2.87 bits per heavy atom. The van der Waals surface area contributed by atoms with Gasteiger partial charge in [0, 0.05) is 12.2 Å². The first kappa shape index (κ1) is 17.5. The molecule has 0 saturated heterocycles. The molecule has 0 aliphatic heterocycles. The number of hydrogen-bond acceptors (Lipinski definition) is 3. The number of methoxy groups -OCH3 is 1. The summed E-state index contributed by atoms with van der Waals surface area (Å²) >= 11 is 5.34. The number of hydrogen-bond donors (Lipinski definition) is 2. The maximum Gasteiger partial charge on any atom is 0.337 e. The Kier molecular flexibility index (Phi) is 6.59. The lowest BCUT2D eigenvalue weighted by molar-refractivity contribution is 0.0601. The molecule has 0 heterocycles. The van der Waals surface area contributed by atoms with E-state index in [1.54, 1.807) is 12.1 Å². The Morgan fingerprint density at radius 2 is 2.17 bits per heavy atom. The highest BCUT2D eigenvalue weighted by Gasteiger charge is 2.09. The van der Waals surface area contributed by atoms with Gasteiger partial charge in [0.05, 0.1) is 12.7 Å². The fraction of sp³-hybridized carbons (Fsp3) is 0.444. The summed E-state index contributed by atoms with van der Waals surface area (Å²) in [6.45, 7) is 2.80. The molecule has 1 aromatic rings. The van der Waals surface area contributed by atoms with E-state index in [1.807, 2.05) is 13.0 Å². The lowest BCUT2D eigenvalue weighted by atomic mass is 9.97. The van der Waals surface area contributed by atoms with Crippen molar-refractivity contribution in [1.82, 2.24) is 5.32 Å². The molecule has 5 heteroatoms. The highest BCUT2D eigenvalue weighted by molar-refractivity contribution is 7.80. The van der Waals surface area contributed by atoms with E-state index < -0.39 is 0 Å². The molecule has 0 radical (unpaired) electrons. The van der Waals surface area contributed by atoms with Gasteiger partial charge in [0.25, 0.3) is 0 Å². The predicted octanol–water partition coefficient (Wildman–Crippen LogP) is 3.96. The lowest BCUT2D eigenvalue weighted by Crippen LogP contribution is -2.29. The Hall–Kier alpha value is -1.88. The smallest absolute Gasteiger partial charge is 0.337 e. The van der Waals surface area contributed by atoms with Crippen LogP contribution < -0.4 is 10.6 Å². The zero-order valence-electron chi connectivity index (χ0n) is 13.8. The number of carbonyl (C=O) groups excluding carboxylic acids is 1. The standard InChI is InChI=1S/C18H24N2O2S/c1-13-8-9-15(17(21)22-2)12-16(13)20-18(23)19-11-10-14-6-4-3-5-7-14/h6,8-9,12H,3-5,7,10-11H2,1-2H3,(H2,19,20,23). The van der Waals surface area contributed by atoms with E-state index in [0.29, 0.717) is 10.7 Å². The van der Waals surface area contributed by atoms with Gasteiger partial charge >= 0.3 is 5.97 Å². The first-order valence-corrected chi connectivity index (χ1v) is 8.42. The zero-order valence-corrected chi connectivity index (χ0v) is 14.6. The van der Waals surface area contributed by atoms with E-state index >= 15 is 0 Å². The summed E-state index contributed by atoms with van der Waals surface area (Å²) in [4.78, 5) is 11.6. The molecule has 0 spiro atoms. The van der Waals surface area contributed by atoms with E-state index in [2.05, 4.69) is 16.7 Å². The topological polar surface area (TPSA) is 50.4 Å². The largest absolute Gasteiger partial charge is 0.465 e. The summed E-state index contributed by atoms with van der Waals surface area (Å²) in [5.74, 6) is -0.351. The second kappa shape index (κ2) is 8.67. The molecule has 2 N–H and O–H groups in total. The number of benzene rings is 1. The minimum atomic E-state index is -0.351. The molecule has 1 aliphatic carbocycles. The third kappa shape index (κ3) is 5.36. The molecule has 0 atom stereocenters. The van der Waals surface area contributed by atoms with Gasteiger partial charge in [0.1, 0.15) is 0 Å². The van der Waals surface area contributed by atoms with Gasteiger partial charge in [0.2, 0.25) is 0 Å². The number of thiocarbonyl (C=S) groups is 1. The van der Waals surface area contributed by atoms with Gasteiger partial charge in [0.15, 0.2) is 5.11 Å². The van der Waals surface area contributed by atoms with E-state index in [-0.39, 0.29) is 5.97 Å². The molecule has 1 aliphatic rings. The van der Waals surface area contributed by atoms with Gasteiger partial charge in [-0.1, -0.05) is 17.7 Å². The highest BCUT2D eigenvalue weighted by Crippen LogP contribution is 2.20. The molecule has 124 valence electrons. The molecule has 0 unspecified atom stereocenters. The minimum absolute atomic E-state index is 0.351. The van der Waals surface area contributed by atoms with Crippen molar-refractivity contribution in [1.29, 1.82) is 0 Å².